The topological polar surface area (TPSA) is 43.4 Å². The molecule has 3 heteroatoms. The molecule has 0 aliphatic carbocycles. The summed E-state index contributed by atoms with van der Waals surface area (Å²) in [6.45, 7) is 7.25. The molecule has 1 atom stereocenters. The molecule has 0 amide bonds. The van der Waals surface area contributed by atoms with Crippen LogP contribution >= 0.6 is 0 Å². The predicted molar refractivity (Wildman–Crippen MR) is 76.9 cm³/mol. The number of hydrogen-bond acceptors (Lipinski definition) is 3. The number of hydrogen-bond donors (Lipinski definition) is 0. The highest BCUT2D eigenvalue weighted by molar-refractivity contribution is 5.71. The molecule has 1 aromatic carbocycles. The molecule has 19 heavy (non-hydrogen) atoms. The fraction of sp³-hybridized carbons (Fsp3) is 0.375. The molecule has 1 fully saturated rings. The van der Waals surface area contributed by atoms with Gasteiger partial charge in [-0.2, -0.15) is 0 Å². The largest absolute Gasteiger partial charge is 0.462 e. The van der Waals surface area contributed by atoms with Crippen LogP contribution in [0.2, 0.25) is 0 Å². The van der Waals surface area contributed by atoms with E-state index in [1.165, 1.54) is 5.56 Å². The van der Waals surface area contributed by atoms with Crippen LogP contribution in [0.1, 0.15) is 31.7 Å². The first-order chi connectivity index (χ1) is 9.26. The molecular formula is C16H22O3. The molecule has 1 aliphatic rings. The lowest BCUT2D eigenvalue weighted by atomic mass is 10.1. The second-order valence-electron chi connectivity index (χ2n) is 4.08. The van der Waals surface area contributed by atoms with Crippen molar-refractivity contribution in [1.29, 1.82) is 0 Å². The van der Waals surface area contributed by atoms with E-state index in [1.54, 1.807) is 6.08 Å². The maximum absolute atomic E-state index is 10.8. The van der Waals surface area contributed by atoms with Crippen molar-refractivity contribution < 1.29 is 14.3 Å². The van der Waals surface area contributed by atoms with E-state index in [1.807, 2.05) is 31.9 Å². The van der Waals surface area contributed by atoms with Crippen LogP contribution in [0.4, 0.5) is 0 Å². The van der Waals surface area contributed by atoms with Gasteiger partial charge in [-0.05, 0) is 31.7 Å². The first-order valence-electron chi connectivity index (χ1n) is 6.35. The predicted octanol–water partition coefficient (Wildman–Crippen LogP) is 3.33. The number of ether oxygens (including phenoxy) is 1. The van der Waals surface area contributed by atoms with Crippen LogP contribution in [0.15, 0.2) is 43.0 Å². The van der Waals surface area contributed by atoms with E-state index in [4.69, 9.17) is 9.53 Å². The summed E-state index contributed by atoms with van der Waals surface area (Å²) in [7, 11) is 0. The minimum absolute atomic E-state index is 0.0388. The van der Waals surface area contributed by atoms with Gasteiger partial charge in [0.1, 0.15) is 12.9 Å². The van der Waals surface area contributed by atoms with Crippen molar-refractivity contribution in [3.63, 3.8) is 0 Å². The number of aryl methyl sites for hydroxylation is 1. The van der Waals surface area contributed by atoms with Gasteiger partial charge < -0.3 is 9.53 Å². The third-order valence-corrected chi connectivity index (χ3v) is 2.57. The monoisotopic (exact) mass is 262 g/mol. The summed E-state index contributed by atoms with van der Waals surface area (Å²) in [4.78, 5) is 18.8. The first-order valence-corrected chi connectivity index (χ1v) is 6.35. The highest BCUT2D eigenvalue weighted by atomic mass is 16.5. The fourth-order valence-electron chi connectivity index (χ4n) is 1.76. The van der Waals surface area contributed by atoms with Crippen LogP contribution in [-0.2, 0) is 20.7 Å². The van der Waals surface area contributed by atoms with E-state index in [0.29, 0.717) is 6.42 Å². The average molecular weight is 262 g/mol. The minimum atomic E-state index is -0.0388. The van der Waals surface area contributed by atoms with Crippen molar-refractivity contribution in [3.05, 3.63) is 48.6 Å². The number of esters is 1. The van der Waals surface area contributed by atoms with E-state index < -0.39 is 0 Å². The number of allylic oxidation sites excluding steroid dienone is 1. The normalized spacial score (nSPS) is 16.3. The molecule has 1 saturated heterocycles. The Balaban J connectivity index is 0.000000573. The molecule has 1 unspecified atom stereocenters. The molecule has 0 N–H and O–H groups in total. The van der Waals surface area contributed by atoms with Crippen LogP contribution in [0.3, 0.4) is 0 Å². The summed E-state index contributed by atoms with van der Waals surface area (Å²) in [6, 6.07) is 10.3. The second-order valence-corrected chi connectivity index (χ2v) is 4.08. The number of benzene rings is 1. The van der Waals surface area contributed by atoms with E-state index in [9.17, 15) is 4.79 Å². The molecule has 104 valence electrons. The van der Waals surface area contributed by atoms with Crippen LogP contribution < -0.4 is 0 Å². The molecule has 2 rings (SSSR count). The van der Waals surface area contributed by atoms with E-state index in [-0.39, 0.29) is 12.1 Å². The van der Waals surface area contributed by atoms with Gasteiger partial charge in [0, 0.05) is 6.42 Å². The molecule has 1 aliphatic heterocycles. The Labute approximate surface area is 115 Å². The Morgan fingerprint density at radius 3 is 2.37 bits per heavy atom. The summed E-state index contributed by atoms with van der Waals surface area (Å²) in [5, 5.41) is 0. The van der Waals surface area contributed by atoms with Gasteiger partial charge in [-0.25, -0.2) is 0 Å². The maximum Gasteiger partial charge on any atom is 0.306 e. The zero-order valence-corrected chi connectivity index (χ0v) is 11.5. The quantitative estimate of drug-likeness (QED) is 0.620. The Bertz CT molecular complexity index is 360. The van der Waals surface area contributed by atoms with Gasteiger partial charge in [0.2, 0.25) is 0 Å². The van der Waals surface area contributed by atoms with Gasteiger partial charge in [0.15, 0.2) is 0 Å². The summed E-state index contributed by atoms with van der Waals surface area (Å²) >= 11 is 0. The Kier molecular flexibility index (Phi) is 10.1. The molecule has 1 heterocycles. The summed E-state index contributed by atoms with van der Waals surface area (Å²) < 4.78 is 5.14. The molecule has 0 saturated carbocycles. The fourth-order valence-corrected chi connectivity index (χ4v) is 1.76. The molecule has 3 nitrogen and oxygen atoms in total. The number of carbonyl (C=O) groups is 2. The molecule has 0 aromatic heterocycles. The van der Waals surface area contributed by atoms with Gasteiger partial charge in [-0.15, -0.1) is 6.58 Å². The van der Waals surface area contributed by atoms with Crippen molar-refractivity contribution in [2.45, 2.75) is 38.7 Å². The highest BCUT2D eigenvalue weighted by Gasteiger charge is 2.22. The van der Waals surface area contributed by atoms with Crippen LogP contribution in [-0.4, -0.2) is 18.9 Å². The minimum Gasteiger partial charge on any atom is -0.462 e. The van der Waals surface area contributed by atoms with Crippen molar-refractivity contribution in [1.82, 2.24) is 0 Å². The lowest BCUT2D eigenvalue weighted by molar-refractivity contribution is -0.141. The van der Waals surface area contributed by atoms with Crippen molar-refractivity contribution in [3.8, 4) is 0 Å². The Hall–Kier alpha value is -1.90. The molecular weight excluding hydrogens is 240 g/mol. The molecule has 0 radical (unpaired) electrons. The average Bonchev–Trinajstić information content (AvgIpc) is 2.87. The second kappa shape index (κ2) is 11.2. The van der Waals surface area contributed by atoms with Gasteiger partial charge in [-0.3, -0.25) is 4.79 Å². The van der Waals surface area contributed by atoms with E-state index >= 15 is 0 Å². The summed E-state index contributed by atoms with van der Waals surface area (Å²) in [5.41, 5.74) is 1.32. The lowest BCUT2D eigenvalue weighted by Gasteiger charge is -2.08. The summed E-state index contributed by atoms with van der Waals surface area (Å²) in [6.07, 6.45) is 5.35. The maximum atomic E-state index is 10.8. The standard InChI is InChI=1S/C12H14O2.C3H6.CH2O/c13-12-9-8-11(14-12)7-6-10-4-2-1-3-5-10;1-3-2;1-2/h1-5,11H,6-9H2;3H,1H2,2H3;1H2. The highest BCUT2D eigenvalue weighted by Crippen LogP contribution is 2.18. The van der Waals surface area contributed by atoms with Crippen LogP contribution in [0.5, 0.6) is 0 Å². The van der Waals surface area contributed by atoms with Gasteiger partial charge in [-0.1, -0.05) is 36.4 Å². The van der Waals surface area contributed by atoms with Crippen molar-refractivity contribution >= 4 is 12.8 Å². The van der Waals surface area contributed by atoms with E-state index in [0.717, 1.165) is 19.3 Å². The SMILES string of the molecule is C=CC.C=O.O=C1CCC(CCc2ccccc2)O1. The number of cyclic esters (lactones) is 1. The van der Waals surface area contributed by atoms with Crippen LogP contribution in [0, 0.1) is 0 Å². The molecule has 0 bridgehead atoms. The van der Waals surface area contributed by atoms with Crippen molar-refractivity contribution in [2.75, 3.05) is 0 Å². The Morgan fingerprint density at radius 2 is 1.89 bits per heavy atom. The zero-order chi connectivity index (χ0) is 14.5. The lowest BCUT2D eigenvalue weighted by Crippen LogP contribution is -2.07. The first kappa shape index (κ1) is 17.1. The Morgan fingerprint density at radius 1 is 1.32 bits per heavy atom. The van der Waals surface area contributed by atoms with Gasteiger partial charge in [0.25, 0.3) is 0 Å². The van der Waals surface area contributed by atoms with Gasteiger partial charge >= 0.3 is 5.97 Å². The zero-order valence-electron chi connectivity index (χ0n) is 11.5. The van der Waals surface area contributed by atoms with Crippen LogP contribution in [0.25, 0.3) is 0 Å². The smallest absolute Gasteiger partial charge is 0.306 e. The number of carbonyl (C=O) groups excluding carboxylic acids is 2. The summed E-state index contributed by atoms with van der Waals surface area (Å²) in [5.74, 6) is -0.0388. The third kappa shape index (κ3) is 7.92. The number of rotatable bonds is 3. The molecule has 1 aromatic rings. The van der Waals surface area contributed by atoms with Gasteiger partial charge in [0.05, 0.1) is 0 Å². The third-order valence-electron chi connectivity index (χ3n) is 2.57. The molecule has 0 spiro atoms. The van der Waals surface area contributed by atoms with E-state index in [2.05, 4.69) is 18.7 Å². The van der Waals surface area contributed by atoms with Crippen molar-refractivity contribution in [2.24, 2.45) is 0 Å².